The highest BCUT2D eigenvalue weighted by Gasteiger charge is 2.14. The fraction of sp³-hybridized carbons (Fsp3) is 0.462. The van der Waals surface area contributed by atoms with Crippen LogP contribution >= 0.6 is 0 Å². The summed E-state index contributed by atoms with van der Waals surface area (Å²) in [6, 6.07) is 4.67. The van der Waals surface area contributed by atoms with E-state index in [9.17, 15) is 14.9 Å². The molecule has 110 valence electrons. The Morgan fingerprint density at radius 2 is 2.15 bits per heavy atom. The number of rotatable bonds is 8. The summed E-state index contributed by atoms with van der Waals surface area (Å²) in [5.74, 6) is -0.411. The average molecular weight is 280 g/mol. The number of nitro benzene ring substituents is 1. The van der Waals surface area contributed by atoms with Crippen LogP contribution in [-0.2, 0) is 11.3 Å². The highest BCUT2D eigenvalue weighted by atomic mass is 16.6. The zero-order valence-electron chi connectivity index (χ0n) is 11.5. The number of amides is 1. The summed E-state index contributed by atoms with van der Waals surface area (Å²) >= 11 is 0. The summed E-state index contributed by atoms with van der Waals surface area (Å²) < 4.78 is 0. The molecule has 1 aromatic carbocycles. The molecule has 0 aliphatic rings. The number of nitrogens with two attached hydrogens (primary N) is 2. The Morgan fingerprint density at radius 1 is 1.45 bits per heavy atom. The van der Waals surface area contributed by atoms with Crippen LogP contribution in [0.15, 0.2) is 18.2 Å². The Bertz CT molecular complexity index is 491. The second kappa shape index (κ2) is 7.44. The third-order valence-electron chi connectivity index (χ3n) is 2.91. The van der Waals surface area contributed by atoms with E-state index < -0.39 is 10.8 Å². The number of nitrogen functional groups attached to an aromatic ring is 1. The maximum Gasteiger partial charge on any atom is 0.292 e. The summed E-state index contributed by atoms with van der Waals surface area (Å²) in [6.07, 6.45) is 1.93. The van der Waals surface area contributed by atoms with Gasteiger partial charge in [0, 0.05) is 12.6 Å². The molecule has 0 atom stereocenters. The van der Waals surface area contributed by atoms with Crippen LogP contribution < -0.4 is 11.5 Å². The quantitative estimate of drug-likeness (QED) is 0.422. The second-order valence-electron chi connectivity index (χ2n) is 4.68. The highest BCUT2D eigenvalue weighted by Crippen LogP contribution is 2.23. The van der Waals surface area contributed by atoms with Crippen molar-refractivity contribution in [3.8, 4) is 0 Å². The lowest BCUT2D eigenvalue weighted by Crippen LogP contribution is -2.34. The molecule has 0 unspecified atom stereocenters. The van der Waals surface area contributed by atoms with Crippen molar-refractivity contribution >= 4 is 17.3 Å². The topological polar surface area (TPSA) is 115 Å². The second-order valence-corrected chi connectivity index (χ2v) is 4.68. The zero-order chi connectivity index (χ0) is 15.1. The minimum absolute atomic E-state index is 0.114. The number of carbonyl (C=O) groups is 1. The zero-order valence-corrected chi connectivity index (χ0v) is 11.5. The van der Waals surface area contributed by atoms with Crippen LogP contribution in [0.25, 0.3) is 0 Å². The van der Waals surface area contributed by atoms with E-state index >= 15 is 0 Å². The van der Waals surface area contributed by atoms with Gasteiger partial charge in [-0.2, -0.15) is 0 Å². The lowest BCUT2D eigenvalue weighted by molar-refractivity contribution is -0.384. The van der Waals surface area contributed by atoms with Crippen molar-refractivity contribution in [3.63, 3.8) is 0 Å². The summed E-state index contributed by atoms with van der Waals surface area (Å²) in [4.78, 5) is 23.3. The van der Waals surface area contributed by atoms with Gasteiger partial charge in [-0.15, -0.1) is 0 Å². The average Bonchev–Trinajstić information content (AvgIpc) is 2.37. The number of anilines is 1. The van der Waals surface area contributed by atoms with Crippen LogP contribution in [0.3, 0.4) is 0 Å². The Labute approximate surface area is 117 Å². The van der Waals surface area contributed by atoms with Gasteiger partial charge in [0.25, 0.3) is 5.69 Å². The number of primary amides is 1. The van der Waals surface area contributed by atoms with Crippen molar-refractivity contribution < 1.29 is 9.72 Å². The Balaban J connectivity index is 2.84. The third-order valence-corrected chi connectivity index (χ3v) is 2.91. The SMILES string of the molecule is CCCCN(CC(N)=O)Cc1ccc(N)c([N+](=O)[O-])c1. The van der Waals surface area contributed by atoms with E-state index in [2.05, 4.69) is 6.92 Å². The van der Waals surface area contributed by atoms with E-state index in [1.165, 1.54) is 12.1 Å². The van der Waals surface area contributed by atoms with E-state index in [-0.39, 0.29) is 17.9 Å². The maximum absolute atomic E-state index is 11.0. The van der Waals surface area contributed by atoms with E-state index in [4.69, 9.17) is 11.5 Å². The Hall–Kier alpha value is -2.15. The largest absolute Gasteiger partial charge is 0.393 e. The van der Waals surface area contributed by atoms with Gasteiger partial charge in [-0.3, -0.25) is 19.8 Å². The number of hydrogen-bond acceptors (Lipinski definition) is 5. The van der Waals surface area contributed by atoms with E-state index in [1.54, 1.807) is 6.07 Å². The molecule has 0 aliphatic carbocycles. The third kappa shape index (κ3) is 4.85. The molecule has 7 heteroatoms. The number of nitrogens with zero attached hydrogens (tertiary/aromatic N) is 2. The molecule has 0 saturated carbocycles. The molecule has 0 spiro atoms. The fourth-order valence-corrected chi connectivity index (χ4v) is 1.92. The molecule has 20 heavy (non-hydrogen) atoms. The van der Waals surface area contributed by atoms with Gasteiger partial charge >= 0.3 is 0 Å². The van der Waals surface area contributed by atoms with Gasteiger partial charge < -0.3 is 11.5 Å². The molecular formula is C13H20N4O3. The molecule has 0 aliphatic heterocycles. The van der Waals surface area contributed by atoms with Gasteiger partial charge in [0.1, 0.15) is 5.69 Å². The molecule has 0 saturated heterocycles. The van der Waals surface area contributed by atoms with E-state index in [0.717, 1.165) is 24.9 Å². The van der Waals surface area contributed by atoms with E-state index in [0.29, 0.717) is 6.54 Å². The predicted octanol–water partition coefficient (Wildman–Crippen LogP) is 1.26. The van der Waals surface area contributed by atoms with Crippen molar-refractivity contribution in [3.05, 3.63) is 33.9 Å². The molecule has 0 bridgehead atoms. The van der Waals surface area contributed by atoms with Crippen LogP contribution in [0, 0.1) is 10.1 Å². The van der Waals surface area contributed by atoms with Crippen molar-refractivity contribution in [2.24, 2.45) is 5.73 Å². The predicted molar refractivity (Wildman–Crippen MR) is 76.9 cm³/mol. The van der Waals surface area contributed by atoms with Crippen molar-refractivity contribution in [1.29, 1.82) is 0 Å². The first-order valence-corrected chi connectivity index (χ1v) is 6.47. The van der Waals surface area contributed by atoms with Gasteiger partial charge in [0.05, 0.1) is 11.5 Å². The maximum atomic E-state index is 11.0. The number of benzene rings is 1. The number of nitro groups is 1. The number of hydrogen-bond donors (Lipinski definition) is 2. The molecule has 1 amide bonds. The van der Waals surface area contributed by atoms with Crippen molar-refractivity contribution in [1.82, 2.24) is 4.90 Å². The summed E-state index contributed by atoms with van der Waals surface area (Å²) in [7, 11) is 0. The van der Waals surface area contributed by atoms with E-state index in [1.807, 2.05) is 4.90 Å². The number of carbonyl (C=O) groups excluding carboxylic acids is 1. The lowest BCUT2D eigenvalue weighted by Gasteiger charge is -2.20. The van der Waals surface area contributed by atoms with Gasteiger partial charge in [0.15, 0.2) is 0 Å². The summed E-state index contributed by atoms with van der Waals surface area (Å²) in [6.45, 7) is 3.34. The molecule has 0 aromatic heterocycles. The smallest absolute Gasteiger partial charge is 0.292 e. The molecular weight excluding hydrogens is 260 g/mol. The van der Waals surface area contributed by atoms with Crippen molar-refractivity contribution in [2.45, 2.75) is 26.3 Å². The Kier molecular flexibility index (Phi) is 5.92. The van der Waals surface area contributed by atoms with Gasteiger partial charge in [0.2, 0.25) is 5.91 Å². The fourth-order valence-electron chi connectivity index (χ4n) is 1.92. The Morgan fingerprint density at radius 3 is 2.70 bits per heavy atom. The normalized spacial score (nSPS) is 10.7. The first-order chi connectivity index (χ1) is 9.43. The molecule has 0 radical (unpaired) electrons. The highest BCUT2D eigenvalue weighted by molar-refractivity contribution is 5.75. The monoisotopic (exact) mass is 280 g/mol. The van der Waals surface area contributed by atoms with Gasteiger partial charge in [-0.1, -0.05) is 19.4 Å². The minimum atomic E-state index is -0.511. The first-order valence-electron chi connectivity index (χ1n) is 6.47. The first kappa shape index (κ1) is 15.9. The van der Waals surface area contributed by atoms with Crippen LogP contribution in [0.5, 0.6) is 0 Å². The van der Waals surface area contributed by atoms with Crippen molar-refractivity contribution in [2.75, 3.05) is 18.8 Å². The van der Waals surface area contributed by atoms with Crippen LogP contribution in [0.4, 0.5) is 11.4 Å². The van der Waals surface area contributed by atoms with Gasteiger partial charge in [-0.25, -0.2) is 0 Å². The van der Waals surface area contributed by atoms with Gasteiger partial charge in [-0.05, 0) is 24.6 Å². The van der Waals surface area contributed by atoms with Crippen LogP contribution in [0.2, 0.25) is 0 Å². The van der Waals surface area contributed by atoms with Crippen LogP contribution in [-0.4, -0.2) is 28.8 Å². The molecule has 0 heterocycles. The molecule has 7 nitrogen and oxygen atoms in total. The van der Waals surface area contributed by atoms with Crippen LogP contribution in [0.1, 0.15) is 25.3 Å². The standard InChI is InChI=1S/C13H20N4O3/c1-2-3-6-16(9-13(15)18)8-10-4-5-11(14)12(7-10)17(19)20/h4-5,7H,2-3,6,8-9,14H2,1H3,(H2,15,18). The molecule has 4 N–H and O–H groups in total. The lowest BCUT2D eigenvalue weighted by atomic mass is 10.1. The molecule has 1 rings (SSSR count). The minimum Gasteiger partial charge on any atom is -0.393 e. The summed E-state index contributed by atoms with van der Waals surface area (Å²) in [5.41, 5.74) is 11.5. The molecule has 0 fully saturated rings. The summed E-state index contributed by atoms with van der Waals surface area (Å²) in [5, 5.41) is 10.8. The molecule has 1 aromatic rings. The number of unbranched alkanes of at least 4 members (excludes halogenated alkanes) is 1.